The number of rotatable bonds is 5. The van der Waals surface area contributed by atoms with Crippen LogP contribution in [-0.4, -0.2) is 21.7 Å². The summed E-state index contributed by atoms with van der Waals surface area (Å²) < 4.78 is -1.31. The zero-order valence-corrected chi connectivity index (χ0v) is 19.5. The van der Waals surface area contributed by atoms with Gasteiger partial charge >= 0.3 is 0 Å². The number of carbonyl (C=O) groups is 2. The number of carbonyl (C=O) groups excluding carboxylic acids is 2. The monoisotopic (exact) mass is 515 g/mol. The summed E-state index contributed by atoms with van der Waals surface area (Å²) in [5.74, 6) is -2.09. The normalized spacial score (nSPS) is 22.2. The number of nitrogens with one attached hydrogen (secondary N) is 2. The van der Waals surface area contributed by atoms with Gasteiger partial charge < -0.3 is 10.6 Å². The van der Waals surface area contributed by atoms with Gasteiger partial charge in [0.2, 0.25) is 5.91 Å². The van der Waals surface area contributed by atoms with Crippen molar-refractivity contribution in [3.8, 4) is 6.07 Å². The summed E-state index contributed by atoms with van der Waals surface area (Å²) in [4.78, 5) is 25.4. The molecule has 0 spiro atoms. The summed E-state index contributed by atoms with van der Waals surface area (Å²) in [6.07, 6.45) is 1.18. The first-order valence-electron chi connectivity index (χ1n) is 9.25. The van der Waals surface area contributed by atoms with Crippen molar-refractivity contribution in [2.75, 3.05) is 5.32 Å². The lowest BCUT2D eigenvalue weighted by atomic mass is 10.1. The van der Waals surface area contributed by atoms with Crippen LogP contribution in [0.5, 0.6) is 0 Å². The maximum atomic E-state index is 12.9. The lowest BCUT2D eigenvalue weighted by molar-refractivity contribution is -0.117. The van der Waals surface area contributed by atoms with Gasteiger partial charge in [-0.1, -0.05) is 40.9 Å². The van der Waals surface area contributed by atoms with E-state index in [1.165, 1.54) is 12.1 Å². The topological polar surface area (TPSA) is 82.0 Å². The predicted octanol–water partition coefficient (Wildman–Crippen LogP) is 5.96. The summed E-state index contributed by atoms with van der Waals surface area (Å²) in [6, 6.07) is 11.6. The first-order valence-corrected chi connectivity index (χ1v) is 11.1. The van der Waals surface area contributed by atoms with Crippen molar-refractivity contribution in [3.05, 3.63) is 62.6 Å². The van der Waals surface area contributed by atoms with Crippen molar-refractivity contribution < 1.29 is 9.59 Å². The van der Waals surface area contributed by atoms with Crippen molar-refractivity contribution in [3.63, 3.8) is 0 Å². The molecular formula is C21H14Cl5N3O2. The maximum absolute atomic E-state index is 12.9. The number of hydrogen-bond donors (Lipinski definition) is 2. The molecule has 2 atom stereocenters. The van der Waals surface area contributed by atoms with Crippen LogP contribution in [0.1, 0.15) is 34.7 Å². The second-order valence-corrected chi connectivity index (χ2v) is 10.3. The third-order valence-electron chi connectivity index (χ3n) is 5.43. The molecule has 10 heteroatoms. The quantitative estimate of drug-likeness (QED) is 0.480. The molecule has 2 fully saturated rings. The minimum Gasteiger partial charge on any atom is -0.334 e. The molecule has 2 saturated carbocycles. The number of amides is 2. The second kappa shape index (κ2) is 8.03. The smallest absolute Gasteiger partial charge is 0.254 e. The minimum atomic E-state index is -1.31. The van der Waals surface area contributed by atoms with E-state index in [0.717, 1.165) is 0 Å². The van der Waals surface area contributed by atoms with Crippen LogP contribution in [-0.2, 0) is 4.79 Å². The molecule has 0 aromatic heterocycles. The van der Waals surface area contributed by atoms with Gasteiger partial charge in [0.15, 0.2) is 0 Å². The van der Waals surface area contributed by atoms with Crippen LogP contribution in [0.2, 0.25) is 15.1 Å². The largest absolute Gasteiger partial charge is 0.334 e. The van der Waals surface area contributed by atoms with E-state index in [-0.39, 0.29) is 10.6 Å². The van der Waals surface area contributed by atoms with Crippen LogP contribution in [0.3, 0.4) is 0 Å². The van der Waals surface area contributed by atoms with Crippen molar-refractivity contribution in [1.29, 1.82) is 5.26 Å². The Balaban J connectivity index is 1.50. The van der Waals surface area contributed by atoms with Gasteiger partial charge in [0.25, 0.3) is 5.91 Å². The van der Waals surface area contributed by atoms with Gasteiger partial charge in [-0.15, -0.1) is 23.2 Å². The molecule has 0 aliphatic heterocycles. The van der Waals surface area contributed by atoms with Gasteiger partial charge in [0.05, 0.1) is 32.6 Å². The molecule has 0 bridgehead atoms. The molecule has 4 rings (SSSR count). The Labute approximate surface area is 203 Å². The highest BCUT2D eigenvalue weighted by Crippen LogP contribution is 2.65. The standard InChI is InChI=1S/C21H14Cl5N3O2/c22-13-4-2-11(8-12(13)18(30)29-20(9-27)5-6-20)28-19(31)17-16(21(17,25)26)10-1-3-14(23)15(24)7-10/h1-4,7-8,16-17H,5-6H2,(H,28,31)(H,29,30). The number of hydrogen-bond acceptors (Lipinski definition) is 3. The summed E-state index contributed by atoms with van der Waals surface area (Å²) in [5.41, 5.74) is 0.366. The first-order chi connectivity index (χ1) is 14.6. The summed E-state index contributed by atoms with van der Waals surface area (Å²) in [7, 11) is 0. The molecule has 160 valence electrons. The van der Waals surface area contributed by atoms with Gasteiger partial charge in [0.1, 0.15) is 9.87 Å². The van der Waals surface area contributed by atoms with E-state index < -0.39 is 33.5 Å². The Hall–Kier alpha value is -1.68. The number of anilines is 1. The van der Waals surface area contributed by atoms with Gasteiger partial charge in [-0.05, 0) is 48.7 Å². The molecule has 0 saturated heterocycles. The number of alkyl halides is 2. The molecule has 2 amide bonds. The van der Waals surface area contributed by atoms with Crippen LogP contribution in [0.25, 0.3) is 0 Å². The van der Waals surface area contributed by atoms with Gasteiger partial charge in [-0.25, -0.2) is 0 Å². The van der Waals surface area contributed by atoms with E-state index in [1.54, 1.807) is 24.3 Å². The fourth-order valence-electron chi connectivity index (χ4n) is 3.44. The molecule has 2 aromatic carbocycles. The van der Waals surface area contributed by atoms with E-state index in [9.17, 15) is 9.59 Å². The fourth-order valence-corrected chi connectivity index (χ4v) is 4.78. The SMILES string of the molecule is N#CC1(NC(=O)c2cc(NC(=O)C3C(c4ccc(Cl)c(Cl)c4)C3(Cl)Cl)ccc2Cl)CC1. The van der Waals surface area contributed by atoms with Crippen LogP contribution < -0.4 is 10.6 Å². The molecule has 0 radical (unpaired) electrons. The van der Waals surface area contributed by atoms with E-state index in [0.29, 0.717) is 34.1 Å². The van der Waals surface area contributed by atoms with Crippen molar-refractivity contribution >= 4 is 75.5 Å². The van der Waals surface area contributed by atoms with E-state index in [4.69, 9.17) is 63.3 Å². The molecule has 2 aromatic rings. The maximum Gasteiger partial charge on any atom is 0.254 e. The van der Waals surface area contributed by atoms with E-state index >= 15 is 0 Å². The van der Waals surface area contributed by atoms with Crippen molar-refractivity contribution in [1.82, 2.24) is 5.32 Å². The predicted molar refractivity (Wildman–Crippen MR) is 122 cm³/mol. The molecule has 31 heavy (non-hydrogen) atoms. The Kier molecular flexibility index (Phi) is 5.83. The van der Waals surface area contributed by atoms with Crippen LogP contribution >= 0.6 is 58.0 Å². The average Bonchev–Trinajstić information content (AvgIpc) is 3.60. The molecule has 5 nitrogen and oxygen atoms in total. The molecule has 2 aliphatic carbocycles. The van der Waals surface area contributed by atoms with E-state index in [2.05, 4.69) is 16.7 Å². The van der Waals surface area contributed by atoms with Crippen molar-refractivity contribution in [2.24, 2.45) is 5.92 Å². The molecule has 2 unspecified atom stereocenters. The Morgan fingerprint density at radius 3 is 2.29 bits per heavy atom. The Morgan fingerprint density at radius 1 is 1.00 bits per heavy atom. The zero-order chi connectivity index (χ0) is 22.6. The average molecular weight is 518 g/mol. The number of nitrogens with zero attached hydrogens (tertiary/aromatic N) is 1. The highest BCUT2D eigenvalue weighted by molar-refractivity contribution is 6.53. The summed E-state index contributed by atoms with van der Waals surface area (Å²) in [6.45, 7) is 0. The molecule has 0 heterocycles. The Bertz CT molecular complexity index is 1140. The zero-order valence-electron chi connectivity index (χ0n) is 15.7. The highest BCUT2D eigenvalue weighted by atomic mass is 35.5. The molecule has 2 aliphatic rings. The number of halogens is 5. The van der Waals surface area contributed by atoms with Gasteiger partial charge in [0, 0.05) is 11.6 Å². The van der Waals surface area contributed by atoms with E-state index in [1.807, 2.05) is 0 Å². The number of nitriles is 1. The highest BCUT2D eigenvalue weighted by Gasteiger charge is 2.67. The Morgan fingerprint density at radius 2 is 1.68 bits per heavy atom. The number of benzene rings is 2. The summed E-state index contributed by atoms with van der Waals surface area (Å²) in [5, 5.41) is 15.5. The lowest BCUT2D eigenvalue weighted by Gasteiger charge is -2.12. The first kappa shape index (κ1) is 22.5. The fraction of sp³-hybridized carbons (Fsp3) is 0.286. The molecular weight excluding hydrogens is 504 g/mol. The van der Waals surface area contributed by atoms with Gasteiger partial charge in [-0.3, -0.25) is 9.59 Å². The van der Waals surface area contributed by atoms with Crippen LogP contribution in [0, 0.1) is 17.2 Å². The van der Waals surface area contributed by atoms with Crippen LogP contribution in [0.4, 0.5) is 5.69 Å². The van der Waals surface area contributed by atoms with Crippen molar-refractivity contribution in [2.45, 2.75) is 28.6 Å². The third-order valence-corrected chi connectivity index (χ3v) is 7.44. The second-order valence-electron chi connectivity index (χ2n) is 7.64. The van der Waals surface area contributed by atoms with Crippen LogP contribution in [0.15, 0.2) is 36.4 Å². The lowest BCUT2D eigenvalue weighted by Crippen LogP contribution is -2.35. The summed E-state index contributed by atoms with van der Waals surface area (Å²) >= 11 is 30.9. The van der Waals surface area contributed by atoms with Gasteiger partial charge in [-0.2, -0.15) is 5.26 Å². The molecule has 2 N–H and O–H groups in total. The minimum absolute atomic E-state index is 0.154. The third kappa shape index (κ3) is 4.33.